The molecule has 0 atom stereocenters. The van der Waals surface area contributed by atoms with Gasteiger partial charge in [0.15, 0.2) is 5.82 Å². The van der Waals surface area contributed by atoms with Crippen molar-refractivity contribution >= 4 is 11.6 Å². The number of benzene rings is 1. The molecule has 0 aliphatic rings. The van der Waals surface area contributed by atoms with Crippen LogP contribution in [0.25, 0.3) is 11.4 Å². The zero-order chi connectivity index (χ0) is 14.7. The second-order valence-electron chi connectivity index (χ2n) is 4.70. The minimum absolute atomic E-state index is 0.279. The number of ether oxygens (including phenoxy) is 2. The summed E-state index contributed by atoms with van der Waals surface area (Å²) in [5, 5.41) is 0.431. The third-order valence-corrected chi connectivity index (χ3v) is 3.11. The quantitative estimate of drug-likeness (QED) is 0.801. The molecular weight excluding hydrogens is 276 g/mol. The minimum atomic E-state index is 0.279. The van der Waals surface area contributed by atoms with E-state index in [0.717, 1.165) is 11.3 Å². The van der Waals surface area contributed by atoms with E-state index in [2.05, 4.69) is 23.8 Å². The molecule has 1 aromatic carbocycles. The van der Waals surface area contributed by atoms with Crippen LogP contribution in [0.15, 0.2) is 24.3 Å². The number of hydrogen-bond acceptors (Lipinski definition) is 4. The summed E-state index contributed by atoms with van der Waals surface area (Å²) in [5.74, 6) is 2.23. The van der Waals surface area contributed by atoms with E-state index >= 15 is 0 Å². The maximum Gasteiger partial charge on any atom is 0.161 e. The van der Waals surface area contributed by atoms with Crippen molar-refractivity contribution in [1.82, 2.24) is 9.97 Å². The molecule has 0 aliphatic heterocycles. The van der Waals surface area contributed by atoms with Crippen molar-refractivity contribution in [2.45, 2.75) is 19.8 Å². The molecule has 0 unspecified atom stereocenters. The highest BCUT2D eigenvalue weighted by Gasteiger charge is 2.11. The normalized spacial score (nSPS) is 10.7. The van der Waals surface area contributed by atoms with E-state index in [9.17, 15) is 0 Å². The second kappa shape index (κ2) is 6.09. The zero-order valence-corrected chi connectivity index (χ0v) is 12.7. The van der Waals surface area contributed by atoms with Crippen LogP contribution in [0.3, 0.4) is 0 Å². The largest absolute Gasteiger partial charge is 0.497 e. The molecule has 0 N–H and O–H groups in total. The highest BCUT2D eigenvalue weighted by Crippen LogP contribution is 2.29. The molecular formula is C15H17ClN2O2. The Balaban J connectivity index is 2.55. The average molecular weight is 293 g/mol. The SMILES string of the molecule is COc1cc(OC)cc(-c2nc(Cl)cc(C(C)C)n2)c1. The first kappa shape index (κ1) is 14.6. The summed E-state index contributed by atoms with van der Waals surface area (Å²) < 4.78 is 10.5. The minimum Gasteiger partial charge on any atom is -0.497 e. The Labute approximate surface area is 123 Å². The first-order chi connectivity index (χ1) is 9.53. The van der Waals surface area contributed by atoms with Crippen LogP contribution in [0.5, 0.6) is 11.5 Å². The number of hydrogen-bond donors (Lipinski definition) is 0. The molecule has 0 saturated carbocycles. The lowest BCUT2D eigenvalue weighted by atomic mass is 10.1. The van der Waals surface area contributed by atoms with Crippen LogP contribution in [0, 0.1) is 0 Å². The molecule has 0 spiro atoms. The van der Waals surface area contributed by atoms with Crippen molar-refractivity contribution in [2.75, 3.05) is 14.2 Å². The predicted octanol–water partition coefficient (Wildman–Crippen LogP) is 3.94. The van der Waals surface area contributed by atoms with E-state index in [1.54, 1.807) is 26.4 Å². The van der Waals surface area contributed by atoms with Gasteiger partial charge in [0.1, 0.15) is 16.7 Å². The molecule has 5 heteroatoms. The number of aromatic nitrogens is 2. The fourth-order valence-corrected chi connectivity index (χ4v) is 1.99. The van der Waals surface area contributed by atoms with Gasteiger partial charge in [-0.05, 0) is 24.1 Å². The Morgan fingerprint density at radius 2 is 1.55 bits per heavy atom. The molecule has 106 valence electrons. The Morgan fingerprint density at radius 3 is 2.05 bits per heavy atom. The molecule has 0 saturated heterocycles. The molecule has 0 aliphatic carbocycles. The van der Waals surface area contributed by atoms with Gasteiger partial charge in [-0.1, -0.05) is 25.4 Å². The molecule has 1 heterocycles. The summed E-state index contributed by atoms with van der Waals surface area (Å²) in [4.78, 5) is 8.83. The molecule has 0 amide bonds. The van der Waals surface area contributed by atoms with Gasteiger partial charge >= 0.3 is 0 Å². The van der Waals surface area contributed by atoms with Crippen molar-refractivity contribution < 1.29 is 9.47 Å². The van der Waals surface area contributed by atoms with Crippen molar-refractivity contribution in [2.24, 2.45) is 0 Å². The van der Waals surface area contributed by atoms with Crippen molar-refractivity contribution in [3.8, 4) is 22.9 Å². The van der Waals surface area contributed by atoms with Gasteiger partial charge in [0, 0.05) is 17.3 Å². The summed E-state index contributed by atoms with van der Waals surface area (Å²) in [5.41, 5.74) is 1.72. The average Bonchev–Trinajstić information content (AvgIpc) is 2.45. The first-order valence-corrected chi connectivity index (χ1v) is 6.69. The Bertz CT molecular complexity index is 593. The first-order valence-electron chi connectivity index (χ1n) is 6.31. The van der Waals surface area contributed by atoms with Gasteiger partial charge in [0.05, 0.1) is 14.2 Å². The topological polar surface area (TPSA) is 44.2 Å². The van der Waals surface area contributed by atoms with Crippen LogP contribution >= 0.6 is 11.6 Å². The lowest BCUT2D eigenvalue weighted by Gasteiger charge is -2.10. The lowest BCUT2D eigenvalue weighted by Crippen LogP contribution is -1.98. The van der Waals surface area contributed by atoms with Crippen LogP contribution in [-0.2, 0) is 0 Å². The summed E-state index contributed by atoms with van der Waals surface area (Å²) in [6, 6.07) is 7.31. The van der Waals surface area contributed by atoms with Gasteiger partial charge in [-0.15, -0.1) is 0 Å². The van der Waals surface area contributed by atoms with Crippen LogP contribution in [0.4, 0.5) is 0 Å². The second-order valence-corrected chi connectivity index (χ2v) is 5.08. The molecule has 2 aromatic rings. The van der Waals surface area contributed by atoms with E-state index in [1.807, 2.05) is 12.1 Å². The third kappa shape index (κ3) is 3.20. The van der Waals surface area contributed by atoms with Crippen LogP contribution in [-0.4, -0.2) is 24.2 Å². The third-order valence-electron chi connectivity index (χ3n) is 2.92. The van der Waals surface area contributed by atoms with Crippen LogP contribution in [0.2, 0.25) is 5.15 Å². The maximum absolute atomic E-state index is 6.08. The molecule has 20 heavy (non-hydrogen) atoms. The summed E-state index contributed by atoms with van der Waals surface area (Å²) >= 11 is 6.08. The van der Waals surface area contributed by atoms with Gasteiger partial charge in [-0.25, -0.2) is 9.97 Å². The number of nitrogens with zero attached hydrogens (tertiary/aromatic N) is 2. The van der Waals surface area contributed by atoms with E-state index in [1.165, 1.54) is 0 Å². The molecule has 2 rings (SSSR count). The predicted molar refractivity (Wildman–Crippen MR) is 79.7 cm³/mol. The number of methoxy groups -OCH3 is 2. The molecule has 1 aromatic heterocycles. The van der Waals surface area contributed by atoms with E-state index in [-0.39, 0.29) is 5.92 Å². The summed E-state index contributed by atoms with van der Waals surface area (Å²) in [6.45, 7) is 4.13. The standard InChI is InChI=1S/C15H17ClN2O2/c1-9(2)13-8-14(16)18-15(17-13)10-5-11(19-3)7-12(6-10)20-4/h5-9H,1-4H3. The lowest BCUT2D eigenvalue weighted by molar-refractivity contribution is 0.394. The Morgan fingerprint density at radius 1 is 0.950 bits per heavy atom. The fourth-order valence-electron chi connectivity index (χ4n) is 1.80. The van der Waals surface area contributed by atoms with E-state index in [0.29, 0.717) is 22.5 Å². The van der Waals surface area contributed by atoms with Crippen molar-refractivity contribution in [3.63, 3.8) is 0 Å². The smallest absolute Gasteiger partial charge is 0.161 e. The fraction of sp³-hybridized carbons (Fsp3) is 0.333. The summed E-state index contributed by atoms with van der Waals surface area (Å²) in [7, 11) is 3.22. The summed E-state index contributed by atoms with van der Waals surface area (Å²) in [6.07, 6.45) is 0. The van der Waals surface area contributed by atoms with E-state index < -0.39 is 0 Å². The monoisotopic (exact) mass is 292 g/mol. The number of rotatable bonds is 4. The van der Waals surface area contributed by atoms with Crippen LogP contribution in [0.1, 0.15) is 25.5 Å². The molecule has 4 nitrogen and oxygen atoms in total. The molecule has 0 radical (unpaired) electrons. The number of halogens is 1. The highest BCUT2D eigenvalue weighted by molar-refractivity contribution is 6.29. The molecule has 0 fully saturated rings. The Kier molecular flexibility index (Phi) is 4.45. The van der Waals surface area contributed by atoms with E-state index in [4.69, 9.17) is 21.1 Å². The Hall–Kier alpha value is -1.81. The maximum atomic E-state index is 6.08. The molecule has 0 bridgehead atoms. The van der Waals surface area contributed by atoms with Crippen molar-refractivity contribution in [3.05, 3.63) is 35.1 Å². The van der Waals surface area contributed by atoms with Gasteiger partial charge < -0.3 is 9.47 Å². The van der Waals surface area contributed by atoms with Gasteiger partial charge in [0.2, 0.25) is 0 Å². The van der Waals surface area contributed by atoms with Gasteiger partial charge in [-0.3, -0.25) is 0 Å². The van der Waals surface area contributed by atoms with Crippen molar-refractivity contribution in [1.29, 1.82) is 0 Å². The van der Waals surface area contributed by atoms with Gasteiger partial charge in [-0.2, -0.15) is 0 Å². The zero-order valence-electron chi connectivity index (χ0n) is 12.0. The van der Waals surface area contributed by atoms with Crippen LogP contribution < -0.4 is 9.47 Å². The highest BCUT2D eigenvalue weighted by atomic mass is 35.5. The van der Waals surface area contributed by atoms with Gasteiger partial charge in [0.25, 0.3) is 0 Å².